The molecule has 0 saturated carbocycles. The van der Waals surface area contributed by atoms with E-state index < -0.39 is 0 Å². The highest BCUT2D eigenvalue weighted by Crippen LogP contribution is 2.06. The van der Waals surface area contributed by atoms with Crippen LogP contribution in [0, 0.1) is 6.92 Å². The van der Waals surface area contributed by atoms with E-state index in [1.165, 1.54) is 0 Å². The van der Waals surface area contributed by atoms with Crippen molar-refractivity contribution >= 4 is 23.0 Å². The molecule has 0 aliphatic carbocycles. The topological polar surface area (TPSA) is 49.6 Å². The highest BCUT2D eigenvalue weighted by molar-refractivity contribution is 7.80. The lowest BCUT2D eigenvalue weighted by Gasteiger charge is -2.06. The molecule has 0 spiro atoms. The Morgan fingerprint density at radius 2 is 2.18 bits per heavy atom. The van der Waals surface area contributed by atoms with Crippen LogP contribution in [0.3, 0.4) is 0 Å². The van der Waals surface area contributed by atoms with Gasteiger partial charge in [-0.25, -0.2) is 0 Å². The molecule has 0 fully saturated rings. The first-order chi connectivity index (χ1) is 7.99. The van der Waals surface area contributed by atoms with E-state index in [9.17, 15) is 0 Å². The van der Waals surface area contributed by atoms with Gasteiger partial charge in [-0.15, -0.1) is 0 Å². The van der Waals surface area contributed by atoms with E-state index in [1.807, 2.05) is 32.9 Å². The van der Waals surface area contributed by atoms with E-state index in [4.69, 9.17) is 16.6 Å². The van der Waals surface area contributed by atoms with Gasteiger partial charge in [0.15, 0.2) is 5.11 Å². The van der Waals surface area contributed by atoms with Gasteiger partial charge in [0.05, 0.1) is 0 Å². The van der Waals surface area contributed by atoms with Crippen LogP contribution in [0.25, 0.3) is 0 Å². The van der Waals surface area contributed by atoms with Gasteiger partial charge in [0.25, 0.3) is 0 Å². The molecule has 1 heterocycles. The number of nitrogens with one attached hydrogen (secondary N) is 2. The molecule has 92 valence electrons. The third-order valence-electron chi connectivity index (χ3n) is 1.97. The highest BCUT2D eigenvalue weighted by atomic mass is 32.1. The molecular weight excluding hydrogens is 234 g/mol. The molecule has 0 bridgehead atoms. The van der Waals surface area contributed by atoms with Crippen LogP contribution in [-0.4, -0.2) is 17.4 Å². The van der Waals surface area contributed by atoms with Crippen LogP contribution in [0.5, 0.6) is 0 Å². The molecule has 0 aromatic carbocycles. The lowest BCUT2D eigenvalue weighted by Crippen LogP contribution is -2.33. The second kappa shape index (κ2) is 6.20. The van der Waals surface area contributed by atoms with E-state index >= 15 is 0 Å². The van der Waals surface area contributed by atoms with Crippen molar-refractivity contribution in [1.82, 2.24) is 10.7 Å². The quantitative estimate of drug-likeness (QED) is 0.373. The third kappa shape index (κ3) is 4.82. The Labute approximate surface area is 107 Å². The van der Waals surface area contributed by atoms with E-state index in [0.717, 1.165) is 22.8 Å². The van der Waals surface area contributed by atoms with Crippen LogP contribution in [0.1, 0.15) is 25.4 Å². The Bertz CT molecular complexity index is 448. The molecular formula is C12H17N3OS. The molecule has 2 N–H and O–H groups in total. The molecule has 5 heteroatoms. The van der Waals surface area contributed by atoms with Gasteiger partial charge >= 0.3 is 0 Å². The Kier molecular flexibility index (Phi) is 4.90. The average molecular weight is 251 g/mol. The zero-order valence-electron chi connectivity index (χ0n) is 10.3. The summed E-state index contributed by atoms with van der Waals surface area (Å²) >= 11 is 5.04. The van der Waals surface area contributed by atoms with Crippen LogP contribution in [0.2, 0.25) is 0 Å². The first-order valence-corrected chi connectivity index (χ1v) is 5.69. The highest BCUT2D eigenvalue weighted by Gasteiger charge is 2.02. The van der Waals surface area contributed by atoms with Crippen molar-refractivity contribution in [3.05, 3.63) is 35.8 Å². The minimum Gasteiger partial charge on any atom is -0.460 e. The van der Waals surface area contributed by atoms with Crippen molar-refractivity contribution in [1.29, 1.82) is 0 Å². The molecule has 1 aromatic rings. The van der Waals surface area contributed by atoms with E-state index in [-0.39, 0.29) is 0 Å². The van der Waals surface area contributed by atoms with Crippen LogP contribution < -0.4 is 10.7 Å². The molecule has 0 radical (unpaired) electrons. The maximum atomic E-state index is 5.43. The predicted octanol–water partition coefficient (Wildman–Crippen LogP) is 2.35. The molecule has 0 aliphatic heterocycles. The van der Waals surface area contributed by atoms with Crippen LogP contribution in [0.15, 0.2) is 33.8 Å². The minimum atomic E-state index is 0.468. The SMILES string of the molecule is C=C(C)CNC(=S)NN=C(C)c1ccc(C)o1. The lowest BCUT2D eigenvalue weighted by molar-refractivity contribution is 0.525. The summed E-state index contributed by atoms with van der Waals surface area (Å²) in [7, 11) is 0. The van der Waals surface area contributed by atoms with Crippen LogP contribution in [-0.2, 0) is 0 Å². The monoisotopic (exact) mass is 251 g/mol. The van der Waals surface area contributed by atoms with Gasteiger partial charge in [-0.05, 0) is 45.1 Å². The van der Waals surface area contributed by atoms with Crippen molar-refractivity contribution in [3.63, 3.8) is 0 Å². The van der Waals surface area contributed by atoms with Gasteiger partial charge in [-0.1, -0.05) is 12.2 Å². The molecule has 1 rings (SSSR count). The molecule has 0 aliphatic rings. The largest absolute Gasteiger partial charge is 0.460 e. The summed E-state index contributed by atoms with van der Waals surface area (Å²) in [5.41, 5.74) is 4.51. The number of rotatable bonds is 4. The van der Waals surface area contributed by atoms with Crippen molar-refractivity contribution < 1.29 is 4.42 Å². The number of aryl methyl sites for hydroxylation is 1. The predicted molar refractivity (Wildman–Crippen MR) is 74.2 cm³/mol. The van der Waals surface area contributed by atoms with Gasteiger partial charge in [0.2, 0.25) is 0 Å². The zero-order chi connectivity index (χ0) is 12.8. The number of thiocarbonyl (C=S) groups is 1. The molecule has 0 saturated heterocycles. The molecule has 0 amide bonds. The minimum absolute atomic E-state index is 0.468. The zero-order valence-corrected chi connectivity index (χ0v) is 11.1. The van der Waals surface area contributed by atoms with Crippen LogP contribution in [0.4, 0.5) is 0 Å². The summed E-state index contributed by atoms with van der Waals surface area (Å²) in [6, 6.07) is 3.77. The van der Waals surface area contributed by atoms with E-state index in [0.29, 0.717) is 11.7 Å². The Hall–Kier alpha value is -1.62. The second-order valence-corrected chi connectivity index (χ2v) is 4.27. The van der Waals surface area contributed by atoms with Gasteiger partial charge in [-0.3, -0.25) is 5.43 Å². The molecule has 1 aromatic heterocycles. The summed E-state index contributed by atoms with van der Waals surface area (Å²) in [6.07, 6.45) is 0. The summed E-state index contributed by atoms with van der Waals surface area (Å²) in [4.78, 5) is 0. The standard InChI is InChI=1S/C12H17N3OS/c1-8(2)7-13-12(17)15-14-10(4)11-6-5-9(3)16-11/h5-6H,1,7H2,2-4H3,(H2,13,15,17). The fraction of sp³-hybridized carbons (Fsp3) is 0.333. The molecule has 0 unspecified atom stereocenters. The Morgan fingerprint density at radius 1 is 1.47 bits per heavy atom. The van der Waals surface area contributed by atoms with Crippen LogP contribution >= 0.6 is 12.2 Å². The van der Waals surface area contributed by atoms with Gasteiger partial charge in [0.1, 0.15) is 17.2 Å². The number of hydrogen-bond donors (Lipinski definition) is 2. The summed E-state index contributed by atoms with van der Waals surface area (Å²) in [6.45, 7) is 10.1. The summed E-state index contributed by atoms with van der Waals surface area (Å²) < 4.78 is 5.43. The summed E-state index contributed by atoms with van der Waals surface area (Å²) in [5, 5.41) is 7.57. The summed E-state index contributed by atoms with van der Waals surface area (Å²) in [5.74, 6) is 1.59. The Balaban J connectivity index is 2.48. The fourth-order valence-electron chi connectivity index (χ4n) is 1.09. The van der Waals surface area contributed by atoms with Crippen molar-refractivity contribution in [2.24, 2.45) is 5.10 Å². The first kappa shape index (κ1) is 13.4. The second-order valence-electron chi connectivity index (χ2n) is 3.86. The van der Waals surface area contributed by atoms with Gasteiger partial charge in [0, 0.05) is 6.54 Å². The maximum Gasteiger partial charge on any atom is 0.187 e. The van der Waals surface area contributed by atoms with Crippen molar-refractivity contribution in [3.8, 4) is 0 Å². The molecule has 17 heavy (non-hydrogen) atoms. The number of furan rings is 1. The third-order valence-corrected chi connectivity index (χ3v) is 2.21. The fourth-order valence-corrected chi connectivity index (χ4v) is 1.21. The number of hydrogen-bond acceptors (Lipinski definition) is 3. The Morgan fingerprint density at radius 3 is 2.71 bits per heavy atom. The maximum absolute atomic E-state index is 5.43. The van der Waals surface area contributed by atoms with Crippen molar-refractivity contribution in [2.75, 3.05) is 6.54 Å². The molecule has 4 nitrogen and oxygen atoms in total. The van der Waals surface area contributed by atoms with E-state index in [2.05, 4.69) is 22.4 Å². The van der Waals surface area contributed by atoms with E-state index in [1.54, 1.807) is 0 Å². The number of hydrazone groups is 1. The smallest absolute Gasteiger partial charge is 0.187 e. The van der Waals surface area contributed by atoms with Gasteiger partial charge < -0.3 is 9.73 Å². The van der Waals surface area contributed by atoms with Crippen molar-refractivity contribution in [2.45, 2.75) is 20.8 Å². The molecule has 0 atom stereocenters. The average Bonchev–Trinajstić information content (AvgIpc) is 2.70. The van der Waals surface area contributed by atoms with Gasteiger partial charge in [-0.2, -0.15) is 5.10 Å². The lowest BCUT2D eigenvalue weighted by atomic mass is 10.3. The number of nitrogens with zero attached hydrogens (tertiary/aromatic N) is 1. The normalized spacial score (nSPS) is 11.1. The first-order valence-electron chi connectivity index (χ1n) is 5.28.